The van der Waals surface area contributed by atoms with Crippen LogP contribution in [0.25, 0.3) is 5.65 Å². The van der Waals surface area contributed by atoms with Gasteiger partial charge >= 0.3 is 0 Å². The van der Waals surface area contributed by atoms with Crippen molar-refractivity contribution in [2.24, 2.45) is 5.73 Å². The fraction of sp³-hybridized carbons (Fsp3) is 0.250. The molecule has 2 rings (SSSR count). The topological polar surface area (TPSA) is 75.7 Å². The highest BCUT2D eigenvalue weighted by Crippen LogP contribution is 2.13. The van der Waals surface area contributed by atoms with E-state index in [1.807, 2.05) is 25.3 Å². The fourth-order valence-corrected chi connectivity index (χ4v) is 1.84. The lowest BCUT2D eigenvalue weighted by Crippen LogP contribution is -2.46. The molecule has 0 aliphatic carbocycles. The quantitative estimate of drug-likeness (QED) is 0.595. The standard InChI is InChI=1S/C12H15N5OS/c1-7-4-5-17-9(6-7)14-8(2)10(17)11(18)15-16(3)12(13)19/h4-6H,1-3H3,(H2,13,19)(H,15,18). The number of rotatable bonds is 1. The van der Waals surface area contributed by atoms with Gasteiger partial charge in [-0.1, -0.05) is 0 Å². The molecule has 0 atom stereocenters. The number of nitrogens with two attached hydrogens (primary N) is 1. The SMILES string of the molecule is Cc1ccn2c(C(=O)NN(C)C(N)=S)c(C)nc2c1. The van der Waals surface area contributed by atoms with Crippen LogP contribution >= 0.6 is 12.2 Å². The first kappa shape index (κ1) is 13.3. The van der Waals surface area contributed by atoms with Gasteiger partial charge in [-0.15, -0.1) is 0 Å². The molecule has 100 valence electrons. The van der Waals surface area contributed by atoms with Gasteiger partial charge in [0.15, 0.2) is 5.11 Å². The summed E-state index contributed by atoms with van der Waals surface area (Å²) in [5.74, 6) is -0.302. The first-order valence-corrected chi connectivity index (χ1v) is 6.10. The number of imidazole rings is 1. The monoisotopic (exact) mass is 277 g/mol. The van der Waals surface area contributed by atoms with Crippen LogP contribution < -0.4 is 11.2 Å². The minimum atomic E-state index is -0.302. The molecular formula is C12H15N5OS. The normalized spacial score (nSPS) is 10.5. The van der Waals surface area contributed by atoms with Crippen molar-refractivity contribution in [1.82, 2.24) is 19.8 Å². The molecule has 0 radical (unpaired) electrons. The third-order valence-corrected chi connectivity index (χ3v) is 3.04. The van der Waals surface area contributed by atoms with E-state index in [1.54, 1.807) is 18.4 Å². The molecule has 6 nitrogen and oxygen atoms in total. The third kappa shape index (κ3) is 2.50. The van der Waals surface area contributed by atoms with Gasteiger partial charge in [0, 0.05) is 13.2 Å². The molecule has 3 N–H and O–H groups in total. The maximum absolute atomic E-state index is 12.2. The third-order valence-electron chi connectivity index (χ3n) is 2.77. The number of hydrogen-bond donors (Lipinski definition) is 2. The van der Waals surface area contributed by atoms with Gasteiger partial charge in [-0.3, -0.25) is 19.6 Å². The van der Waals surface area contributed by atoms with Crippen molar-refractivity contribution in [2.75, 3.05) is 7.05 Å². The Hall–Kier alpha value is -2.15. The molecule has 7 heteroatoms. The van der Waals surface area contributed by atoms with Crippen molar-refractivity contribution in [3.8, 4) is 0 Å². The van der Waals surface area contributed by atoms with Gasteiger partial charge in [0.1, 0.15) is 11.3 Å². The first-order valence-electron chi connectivity index (χ1n) is 5.69. The van der Waals surface area contributed by atoms with Crippen molar-refractivity contribution in [3.63, 3.8) is 0 Å². The number of carbonyl (C=O) groups is 1. The Bertz CT molecular complexity index is 663. The summed E-state index contributed by atoms with van der Waals surface area (Å²) in [6.07, 6.45) is 1.82. The fourth-order valence-electron chi connectivity index (χ4n) is 1.80. The number of amides is 1. The molecule has 0 aliphatic heterocycles. The van der Waals surface area contributed by atoms with Crippen molar-refractivity contribution >= 4 is 28.9 Å². The molecule has 2 heterocycles. The number of aryl methyl sites for hydroxylation is 2. The Kier molecular flexibility index (Phi) is 3.39. The smallest absolute Gasteiger partial charge is 0.288 e. The van der Waals surface area contributed by atoms with E-state index in [0.29, 0.717) is 11.4 Å². The number of nitrogens with zero attached hydrogens (tertiary/aromatic N) is 3. The number of hydrogen-bond acceptors (Lipinski definition) is 3. The minimum absolute atomic E-state index is 0.0932. The Balaban J connectivity index is 2.42. The number of pyridine rings is 1. The van der Waals surface area contributed by atoms with E-state index < -0.39 is 0 Å². The van der Waals surface area contributed by atoms with Crippen molar-refractivity contribution in [2.45, 2.75) is 13.8 Å². The number of aromatic nitrogens is 2. The van der Waals surface area contributed by atoms with Crippen molar-refractivity contribution in [1.29, 1.82) is 0 Å². The molecule has 0 spiro atoms. The Labute approximate surface area is 116 Å². The van der Waals surface area contributed by atoms with Crippen LogP contribution in [0.5, 0.6) is 0 Å². The summed E-state index contributed by atoms with van der Waals surface area (Å²) in [6.45, 7) is 3.77. The average Bonchev–Trinajstić information content (AvgIpc) is 2.63. The molecule has 0 aliphatic rings. The second-order valence-corrected chi connectivity index (χ2v) is 4.73. The molecule has 2 aromatic rings. The number of fused-ring (bicyclic) bond motifs is 1. The van der Waals surface area contributed by atoms with Crippen molar-refractivity contribution in [3.05, 3.63) is 35.3 Å². The lowest BCUT2D eigenvalue weighted by Gasteiger charge is -2.17. The predicted octanol–water partition coefficient (Wildman–Crippen LogP) is 0.771. The zero-order valence-electron chi connectivity index (χ0n) is 11.0. The molecule has 0 saturated carbocycles. The zero-order chi connectivity index (χ0) is 14.2. The van der Waals surface area contributed by atoms with Crippen LogP contribution in [0.4, 0.5) is 0 Å². The largest absolute Gasteiger partial charge is 0.375 e. The first-order chi connectivity index (χ1) is 8.90. The lowest BCUT2D eigenvalue weighted by molar-refractivity contribution is 0.0881. The summed E-state index contributed by atoms with van der Waals surface area (Å²) < 4.78 is 1.74. The van der Waals surface area contributed by atoms with Gasteiger partial charge in [-0.25, -0.2) is 4.98 Å². The van der Waals surface area contributed by atoms with Crippen LogP contribution in [0.3, 0.4) is 0 Å². The summed E-state index contributed by atoms with van der Waals surface area (Å²) in [6, 6.07) is 3.84. The lowest BCUT2D eigenvalue weighted by atomic mass is 10.3. The second kappa shape index (κ2) is 4.85. The average molecular weight is 277 g/mol. The van der Waals surface area contributed by atoms with E-state index in [0.717, 1.165) is 11.2 Å². The van der Waals surface area contributed by atoms with E-state index in [2.05, 4.69) is 10.4 Å². The van der Waals surface area contributed by atoms with E-state index >= 15 is 0 Å². The predicted molar refractivity (Wildman–Crippen MR) is 76.7 cm³/mol. The van der Waals surface area contributed by atoms with Gasteiger partial charge in [-0.2, -0.15) is 0 Å². The minimum Gasteiger partial charge on any atom is -0.375 e. The molecule has 1 amide bonds. The van der Waals surface area contributed by atoms with E-state index in [-0.39, 0.29) is 11.0 Å². The Morgan fingerprint density at radius 2 is 2.21 bits per heavy atom. The molecule has 19 heavy (non-hydrogen) atoms. The van der Waals surface area contributed by atoms with Crippen LogP contribution in [0, 0.1) is 13.8 Å². The van der Waals surface area contributed by atoms with Crippen LogP contribution in [-0.4, -0.2) is 32.5 Å². The van der Waals surface area contributed by atoms with Crippen molar-refractivity contribution < 1.29 is 4.79 Å². The summed E-state index contributed by atoms with van der Waals surface area (Å²) in [7, 11) is 1.59. The van der Waals surface area contributed by atoms with Crippen LogP contribution in [0.15, 0.2) is 18.3 Å². The van der Waals surface area contributed by atoms with Gasteiger partial charge in [0.2, 0.25) is 0 Å². The maximum Gasteiger partial charge on any atom is 0.288 e. The van der Waals surface area contributed by atoms with Gasteiger partial charge in [-0.05, 0) is 43.8 Å². The Morgan fingerprint density at radius 3 is 2.84 bits per heavy atom. The highest BCUT2D eigenvalue weighted by molar-refractivity contribution is 7.80. The Morgan fingerprint density at radius 1 is 1.53 bits per heavy atom. The molecule has 0 bridgehead atoms. The maximum atomic E-state index is 12.2. The second-order valence-electron chi connectivity index (χ2n) is 4.32. The summed E-state index contributed by atoms with van der Waals surface area (Å²) in [5, 5.41) is 1.39. The highest BCUT2D eigenvalue weighted by Gasteiger charge is 2.17. The summed E-state index contributed by atoms with van der Waals surface area (Å²) >= 11 is 4.78. The van der Waals surface area contributed by atoms with E-state index in [9.17, 15) is 4.79 Å². The number of carbonyl (C=O) groups excluding carboxylic acids is 1. The van der Waals surface area contributed by atoms with E-state index in [1.165, 1.54) is 5.01 Å². The number of hydrazine groups is 1. The molecule has 0 aromatic carbocycles. The number of thiocarbonyl (C=S) groups is 1. The van der Waals surface area contributed by atoms with Gasteiger partial charge in [0.05, 0.1) is 5.69 Å². The van der Waals surface area contributed by atoms with Gasteiger partial charge in [0.25, 0.3) is 5.91 Å². The molecular weight excluding hydrogens is 262 g/mol. The van der Waals surface area contributed by atoms with Crippen LogP contribution in [0.2, 0.25) is 0 Å². The molecule has 2 aromatic heterocycles. The molecule has 0 fully saturated rings. The highest BCUT2D eigenvalue weighted by atomic mass is 32.1. The summed E-state index contributed by atoms with van der Waals surface area (Å²) in [5.41, 5.74) is 11.0. The van der Waals surface area contributed by atoms with E-state index in [4.69, 9.17) is 18.0 Å². The van der Waals surface area contributed by atoms with Gasteiger partial charge < -0.3 is 5.73 Å². The zero-order valence-corrected chi connectivity index (χ0v) is 11.8. The number of nitrogens with one attached hydrogen (secondary N) is 1. The summed E-state index contributed by atoms with van der Waals surface area (Å²) in [4.78, 5) is 16.6. The van der Waals surface area contributed by atoms with Crippen LogP contribution in [-0.2, 0) is 0 Å². The molecule has 0 saturated heterocycles. The van der Waals surface area contributed by atoms with Crippen LogP contribution in [0.1, 0.15) is 21.7 Å². The molecule has 0 unspecified atom stereocenters.